The Kier molecular flexibility index (Phi) is 3.12. The molecule has 3 heterocycles. The minimum Gasteiger partial charge on any atom is -0.312 e. The van der Waals surface area contributed by atoms with Crippen molar-refractivity contribution in [2.45, 2.75) is 0 Å². The van der Waals surface area contributed by atoms with Crippen molar-refractivity contribution in [2.75, 3.05) is 5.43 Å². The summed E-state index contributed by atoms with van der Waals surface area (Å²) < 4.78 is 2.03. The predicted molar refractivity (Wildman–Crippen MR) is 88.0 cm³/mol. The van der Waals surface area contributed by atoms with Crippen LogP contribution in [0.15, 0.2) is 67.0 Å². The van der Waals surface area contributed by atoms with Crippen molar-refractivity contribution in [1.29, 1.82) is 0 Å². The van der Waals surface area contributed by atoms with Crippen molar-refractivity contribution in [2.24, 2.45) is 0 Å². The second-order valence-electron chi connectivity index (χ2n) is 5.01. The number of hydrogen-bond acceptors (Lipinski definition) is 4. The molecule has 4 aromatic rings. The summed E-state index contributed by atoms with van der Waals surface area (Å²) in [6, 6.07) is 16.9. The number of amides is 1. The van der Waals surface area contributed by atoms with Crippen LogP contribution in [0.25, 0.3) is 16.6 Å². The molecule has 0 atom stereocenters. The molecule has 2 N–H and O–H groups in total. The molecule has 0 aliphatic carbocycles. The molecule has 0 bridgehead atoms. The van der Waals surface area contributed by atoms with Gasteiger partial charge in [0, 0.05) is 12.4 Å². The second kappa shape index (κ2) is 5.42. The minimum atomic E-state index is -0.315. The van der Waals surface area contributed by atoms with Crippen molar-refractivity contribution in [3.05, 3.63) is 72.7 Å². The monoisotopic (exact) mass is 303 g/mol. The lowest BCUT2D eigenvalue weighted by Gasteiger charge is -2.11. The maximum Gasteiger partial charge on any atom is 0.288 e. The highest BCUT2D eigenvalue weighted by Gasteiger charge is 2.10. The van der Waals surface area contributed by atoms with E-state index in [0.29, 0.717) is 11.5 Å². The number of aromatic nitrogens is 3. The van der Waals surface area contributed by atoms with Crippen LogP contribution in [0.2, 0.25) is 0 Å². The van der Waals surface area contributed by atoms with Gasteiger partial charge in [0.25, 0.3) is 5.91 Å². The largest absolute Gasteiger partial charge is 0.312 e. The molecule has 0 saturated carbocycles. The highest BCUT2D eigenvalue weighted by atomic mass is 16.2. The Bertz CT molecular complexity index is 994. The minimum absolute atomic E-state index is 0.315. The molecule has 0 spiro atoms. The molecule has 23 heavy (non-hydrogen) atoms. The molecule has 0 aliphatic heterocycles. The number of para-hydroxylation sites is 2. The lowest BCUT2D eigenvalue weighted by atomic mass is 10.3. The third-order valence-electron chi connectivity index (χ3n) is 3.56. The van der Waals surface area contributed by atoms with Crippen molar-refractivity contribution < 1.29 is 4.79 Å². The van der Waals surface area contributed by atoms with Crippen LogP contribution in [-0.4, -0.2) is 20.3 Å². The molecular weight excluding hydrogens is 290 g/mol. The molecule has 112 valence electrons. The number of nitrogens with zero attached hydrogens (tertiary/aromatic N) is 3. The number of anilines is 1. The number of rotatable bonds is 3. The third-order valence-corrected chi connectivity index (χ3v) is 3.56. The zero-order valence-corrected chi connectivity index (χ0v) is 12.1. The van der Waals surface area contributed by atoms with Crippen LogP contribution in [0.1, 0.15) is 10.5 Å². The van der Waals surface area contributed by atoms with E-state index in [1.165, 1.54) is 0 Å². The van der Waals surface area contributed by atoms with E-state index in [0.717, 1.165) is 16.6 Å². The Balaban J connectivity index is 1.68. The maximum atomic E-state index is 12.1. The molecule has 0 saturated heterocycles. The van der Waals surface area contributed by atoms with E-state index in [-0.39, 0.29) is 5.91 Å². The van der Waals surface area contributed by atoms with Gasteiger partial charge in [-0.25, -0.2) is 4.98 Å². The molecule has 0 unspecified atom stereocenters. The summed E-state index contributed by atoms with van der Waals surface area (Å²) in [6.07, 6.45) is 3.54. The van der Waals surface area contributed by atoms with Gasteiger partial charge in [-0.15, -0.1) is 0 Å². The summed E-state index contributed by atoms with van der Waals surface area (Å²) >= 11 is 0. The third kappa shape index (κ3) is 2.36. The fraction of sp³-hybridized carbons (Fsp3) is 0. The number of nitrogens with one attached hydrogen (secondary N) is 2. The molecule has 3 aromatic heterocycles. The Morgan fingerprint density at radius 1 is 0.957 bits per heavy atom. The van der Waals surface area contributed by atoms with E-state index in [2.05, 4.69) is 20.8 Å². The predicted octanol–water partition coefficient (Wildman–Crippen LogP) is 2.64. The molecule has 6 heteroatoms. The van der Waals surface area contributed by atoms with Crippen LogP contribution >= 0.6 is 0 Å². The Hall–Kier alpha value is -3.41. The Labute approximate surface area is 131 Å². The number of fused-ring (bicyclic) bond motifs is 3. The van der Waals surface area contributed by atoms with Gasteiger partial charge in [0.15, 0.2) is 5.82 Å². The molecular formula is C17H13N5O. The van der Waals surface area contributed by atoms with Gasteiger partial charge in [-0.1, -0.05) is 18.2 Å². The smallest absolute Gasteiger partial charge is 0.288 e. The van der Waals surface area contributed by atoms with Crippen molar-refractivity contribution >= 4 is 28.3 Å². The maximum absolute atomic E-state index is 12.1. The fourth-order valence-electron chi connectivity index (χ4n) is 2.49. The highest BCUT2D eigenvalue weighted by Crippen LogP contribution is 2.21. The van der Waals surface area contributed by atoms with Gasteiger partial charge in [0.2, 0.25) is 0 Å². The van der Waals surface area contributed by atoms with Crippen LogP contribution in [-0.2, 0) is 0 Å². The van der Waals surface area contributed by atoms with Crippen LogP contribution in [0, 0.1) is 0 Å². The van der Waals surface area contributed by atoms with E-state index in [9.17, 15) is 4.79 Å². The zero-order valence-electron chi connectivity index (χ0n) is 12.1. The number of carbonyl (C=O) groups excluding carboxylic acids is 1. The van der Waals surface area contributed by atoms with E-state index >= 15 is 0 Å². The Morgan fingerprint density at radius 3 is 2.65 bits per heavy atom. The average Bonchev–Trinajstić information content (AvgIpc) is 3.10. The number of hydrazine groups is 1. The molecule has 0 fully saturated rings. The van der Waals surface area contributed by atoms with Crippen molar-refractivity contribution in [3.63, 3.8) is 0 Å². The van der Waals surface area contributed by atoms with Crippen LogP contribution in [0.5, 0.6) is 0 Å². The number of hydrogen-bond donors (Lipinski definition) is 2. The fourth-order valence-corrected chi connectivity index (χ4v) is 2.49. The molecule has 1 amide bonds. The van der Waals surface area contributed by atoms with Crippen LogP contribution in [0.4, 0.5) is 5.82 Å². The van der Waals surface area contributed by atoms with Gasteiger partial charge in [0.1, 0.15) is 5.69 Å². The molecule has 1 aromatic carbocycles. The molecule has 4 rings (SSSR count). The first kappa shape index (κ1) is 13.3. The van der Waals surface area contributed by atoms with E-state index in [1.807, 2.05) is 47.0 Å². The molecule has 0 radical (unpaired) electrons. The standard InChI is InChI=1S/C17H13N5O/c23-17(13-7-3-4-10-18-13)21-20-16-15-9-5-11-22(15)14-8-2-1-6-12(14)19-16/h1-11H,(H,19,20)(H,21,23). The summed E-state index contributed by atoms with van der Waals surface area (Å²) in [7, 11) is 0. The SMILES string of the molecule is O=C(NNc1nc2ccccc2n2cccc12)c1ccccn1. The summed E-state index contributed by atoms with van der Waals surface area (Å²) in [6.45, 7) is 0. The van der Waals surface area contributed by atoms with Gasteiger partial charge >= 0.3 is 0 Å². The van der Waals surface area contributed by atoms with E-state index in [1.54, 1.807) is 24.4 Å². The van der Waals surface area contributed by atoms with E-state index < -0.39 is 0 Å². The summed E-state index contributed by atoms with van der Waals surface area (Å²) in [5.41, 5.74) is 8.59. The quantitative estimate of drug-likeness (QED) is 0.571. The van der Waals surface area contributed by atoms with Crippen LogP contribution in [0.3, 0.4) is 0 Å². The molecule has 0 aliphatic rings. The summed E-state index contributed by atoms with van der Waals surface area (Å²) in [4.78, 5) is 20.7. The first-order chi connectivity index (χ1) is 11.3. The first-order valence-electron chi connectivity index (χ1n) is 7.16. The second-order valence-corrected chi connectivity index (χ2v) is 5.01. The van der Waals surface area contributed by atoms with Crippen molar-refractivity contribution in [3.8, 4) is 0 Å². The van der Waals surface area contributed by atoms with Gasteiger partial charge in [-0.3, -0.25) is 20.6 Å². The normalized spacial score (nSPS) is 10.8. The zero-order chi connectivity index (χ0) is 15.6. The number of pyridine rings is 1. The topological polar surface area (TPSA) is 71.3 Å². The number of benzene rings is 1. The lowest BCUT2D eigenvalue weighted by molar-refractivity contribution is 0.0957. The number of carbonyl (C=O) groups is 1. The summed E-state index contributed by atoms with van der Waals surface area (Å²) in [5.74, 6) is 0.267. The Morgan fingerprint density at radius 2 is 1.78 bits per heavy atom. The van der Waals surface area contributed by atoms with E-state index in [4.69, 9.17) is 0 Å². The molecule has 6 nitrogen and oxygen atoms in total. The lowest BCUT2D eigenvalue weighted by Crippen LogP contribution is -2.30. The van der Waals surface area contributed by atoms with Crippen LogP contribution < -0.4 is 10.9 Å². The average molecular weight is 303 g/mol. The van der Waals surface area contributed by atoms with Gasteiger partial charge in [0.05, 0.1) is 16.6 Å². The van der Waals surface area contributed by atoms with Gasteiger partial charge < -0.3 is 4.40 Å². The van der Waals surface area contributed by atoms with Gasteiger partial charge in [-0.2, -0.15) is 0 Å². The summed E-state index contributed by atoms with van der Waals surface area (Å²) in [5, 5.41) is 0. The van der Waals surface area contributed by atoms with Crippen molar-refractivity contribution in [1.82, 2.24) is 19.8 Å². The first-order valence-corrected chi connectivity index (χ1v) is 7.16. The van der Waals surface area contributed by atoms with Gasteiger partial charge in [-0.05, 0) is 36.4 Å². The highest BCUT2D eigenvalue weighted by molar-refractivity contribution is 5.93.